The zero-order valence-corrected chi connectivity index (χ0v) is 7.60. The van der Waals surface area contributed by atoms with Crippen LogP contribution in [0.5, 0.6) is 0 Å². The second kappa shape index (κ2) is 6.40. The van der Waals surface area contributed by atoms with Gasteiger partial charge < -0.3 is 0 Å². The van der Waals surface area contributed by atoms with Crippen LogP contribution in [0.25, 0.3) is 0 Å². The zero-order chi connectivity index (χ0) is 9.40. The van der Waals surface area contributed by atoms with Crippen LogP contribution in [-0.2, 0) is 4.79 Å². The van der Waals surface area contributed by atoms with Gasteiger partial charge in [0.1, 0.15) is 0 Å². The first-order valence-electron chi connectivity index (χ1n) is 3.34. The summed E-state index contributed by atoms with van der Waals surface area (Å²) >= 11 is 4.30. The molecule has 0 aromatic rings. The van der Waals surface area contributed by atoms with Crippen molar-refractivity contribution >= 4 is 23.3 Å². The highest BCUT2D eigenvalue weighted by atomic mass is 32.1. The van der Waals surface area contributed by atoms with Gasteiger partial charge in [0.25, 0.3) is 5.91 Å². The molecule has 62 valence electrons. The molecule has 0 bridgehead atoms. The SMILES string of the molecule is C=C/C=C(\C=C/C)C(=O)N=C=S. The number of carbonyl (C=O) groups excluding carboxylic acids is 1. The summed E-state index contributed by atoms with van der Waals surface area (Å²) in [7, 11) is 0. The van der Waals surface area contributed by atoms with Gasteiger partial charge >= 0.3 is 0 Å². The maximum absolute atomic E-state index is 11.1. The molecule has 0 spiro atoms. The van der Waals surface area contributed by atoms with E-state index in [2.05, 4.69) is 23.8 Å². The summed E-state index contributed by atoms with van der Waals surface area (Å²) in [6.07, 6.45) is 6.47. The molecule has 2 nitrogen and oxygen atoms in total. The average Bonchev–Trinajstić information content (AvgIpc) is 2.04. The lowest BCUT2D eigenvalue weighted by atomic mass is 10.2. The lowest BCUT2D eigenvalue weighted by molar-refractivity contribution is -0.114. The Morgan fingerprint density at radius 3 is 2.75 bits per heavy atom. The summed E-state index contributed by atoms with van der Waals surface area (Å²) in [4.78, 5) is 14.4. The van der Waals surface area contributed by atoms with Gasteiger partial charge in [-0.05, 0) is 25.2 Å². The van der Waals surface area contributed by atoms with Crippen molar-refractivity contribution in [3.8, 4) is 0 Å². The minimum absolute atomic E-state index is 0.400. The molecule has 0 fully saturated rings. The van der Waals surface area contributed by atoms with Crippen molar-refractivity contribution in [2.45, 2.75) is 6.92 Å². The van der Waals surface area contributed by atoms with Crippen molar-refractivity contribution < 1.29 is 4.79 Å². The van der Waals surface area contributed by atoms with Crippen LogP contribution in [0.2, 0.25) is 0 Å². The first kappa shape index (κ1) is 10.7. The first-order valence-corrected chi connectivity index (χ1v) is 3.74. The van der Waals surface area contributed by atoms with E-state index in [1.54, 1.807) is 18.2 Å². The predicted molar refractivity (Wildman–Crippen MR) is 53.1 cm³/mol. The number of allylic oxidation sites excluding steroid dienone is 3. The highest BCUT2D eigenvalue weighted by Crippen LogP contribution is 1.99. The fourth-order valence-corrected chi connectivity index (χ4v) is 0.694. The molecule has 1 amide bonds. The molecule has 0 aliphatic rings. The number of carbonyl (C=O) groups is 1. The van der Waals surface area contributed by atoms with Crippen LogP contribution in [-0.4, -0.2) is 11.1 Å². The molecule has 12 heavy (non-hydrogen) atoms. The Bertz CT molecular complexity index is 283. The molecular weight excluding hydrogens is 170 g/mol. The Balaban J connectivity index is 4.74. The summed E-state index contributed by atoms with van der Waals surface area (Å²) in [5, 5.41) is 2.01. The van der Waals surface area contributed by atoms with E-state index >= 15 is 0 Å². The summed E-state index contributed by atoms with van der Waals surface area (Å²) in [5.41, 5.74) is 0.449. The van der Waals surface area contributed by atoms with Crippen LogP contribution in [0.3, 0.4) is 0 Å². The Morgan fingerprint density at radius 2 is 2.33 bits per heavy atom. The van der Waals surface area contributed by atoms with E-state index < -0.39 is 5.91 Å². The van der Waals surface area contributed by atoms with Gasteiger partial charge in [0.15, 0.2) is 0 Å². The third-order valence-corrected chi connectivity index (χ3v) is 1.13. The monoisotopic (exact) mass is 179 g/mol. The number of hydrogen-bond acceptors (Lipinski definition) is 2. The van der Waals surface area contributed by atoms with Crippen molar-refractivity contribution in [1.29, 1.82) is 0 Å². The highest BCUT2D eigenvalue weighted by Gasteiger charge is 2.00. The Kier molecular flexibility index (Phi) is 5.70. The number of hydrogen-bond donors (Lipinski definition) is 0. The van der Waals surface area contributed by atoms with Crippen molar-refractivity contribution in [3.63, 3.8) is 0 Å². The van der Waals surface area contributed by atoms with Gasteiger partial charge in [-0.3, -0.25) is 4.79 Å². The zero-order valence-electron chi connectivity index (χ0n) is 6.78. The summed E-state index contributed by atoms with van der Waals surface area (Å²) in [6, 6.07) is 0. The van der Waals surface area contributed by atoms with Crippen LogP contribution in [0.4, 0.5) is 0 Å². The molecule has 3 heteroatoms. The van der Waals surface area contributed by atoms with Crippen LogP contribution in [0.15, 0.2) is 41.4 Å². The molecule has 0 aliphatic carbocycles. The van der Waals surface area contributed by atoms with E-state index in [0.717, 1.165) is 0 Å². The molecule has 0 radical (unpaired) electrons. The lowest BCUT2D eigenvalue weighted by Gasteiger charge is -1.90. The highest BCUT2D eigenvalue weighted by molar-refractivity contribution is 7.78. The summed E-state index contributed by atoms with van der Waals surface area (Å²) in [5.74, 6) is -0.400. The molecule has 0 N–H and O–H groups in total. The van der Waals surface area contributed by atoms with E-state index in [1.165, 1.54) is 6.08 Å². The minimum Gasteiger partial charge on any atom is -0.266 e. The van der Waals surface area contributed by atoms with Gasteiger partial charge in [0, 0.05) is 5.57 Å². The van der Waals surface area contributed by atoms with E-state index in [0.29, 0.717) is 5.57 Å². The van der Waals surface area contributed by atoms with Crippen molar-refractivity contribution in [1.82, 2.24) is 0 Å². The molecule has 0 heterocycles. The predicted octanol–water partition coefficient (Wildman–Crippen LogP) is 2.30. The van der Waals surface area contributed by atoms with Gasteiger partial charge in [-0.15, -0.1) is 0 Å². The fraction of sp³-hybridized carbons (Fsp3) is 0.111. The largest absolute Gasteiger partial charge is 0.285 e. The number of rotatable bonds is 3. The summed E-state index contributed by atoms with van der Waals surface area (Å²) in [6.45, 7) is 5.29. The van der Waals surface area contributed by atoms with Gasteiger partial charge in [-0.1, -0.05) is 24.8 Å². The Labute approximate surface area is 77.0 Å². The molecule has 0 aromatic heterocycles. The Morgan fingerprint density at radius 1 is 1.67 bits per heavy atom. The Hall–Kier alpha value is -1.31. The standard InChI is InChI=1S/C9H9NOS/c1-3-5-8(6-4-2)9(11)10-7-12/h3-6H,1H2,2H3/b6-4-,8-5+. The fourth-order valence-electron chi connectivity index (χ4n) is 0.611. The quantitative estimate of drug-likeness (QED) is 0.288. The number of isothiocyanates is 1. The van der Waals surface area contributed by atoms with E-state index in [-0.39, 0.29) is 0 Å². The molecule has 0 saturated carbocycles. The number of aliphatic imine (C=N–C) groups is 1. The minimum atomic E-state index is -0.400. The van der Waals surface area contributed by atoms with Crippen LogP contribution in [0.1, 0.15) is 6.92 Å². The first-order chi connectivity index (χ1) is 5.76. The van der Waals surface area contributed by atoms with Gasteiger partial charge in [-0.2, -0.15) is 4.99 Å². The normalized spacial score (nSPS) is 10.9. The van der Waals surface area contributed by atoms with Gasteiger partial charge in [-0.25, -0.2) is 0 Å². The van der Waals surface area contributed by atoms with Crippen LogP contribution < -0.4 is 0 Å². The summed E-state index contributed by atoms with van der Waals surface area (Å²) < 4.78 is 0. The lowest BCUT2D eigenvalue weighted by Crippen LogP contribution is -1.94. The van der Waals surface area contributed by atoms with Crippen molar-refractivity contribution in [3.05, 3.63) is 36.5 Å². The van der Waals surface area contributed by atoms with E-state index in [1.807, 2.05) is 12.1 Å². The average molecular weight is 179 g/mol. The second-order valence-corrected chi connectivity index (χ2v) is 2.05. The number of nitrogens with zero attached hydrogens (tertiary/aromatic N) is 1. The van der Waals surface area contributed by atoms with Crippen LogP contribution >= 0.6 is 12.2 Å². The van der Waals surface area contributed by atoms with Crippen LogP contribution in [0, 0.1) is 0 Å². The molecule has 0 rings (SSSR count). The van der Waals surface area contributed by atoms with Gasteiger partial charge in [0.2, 0.25) is 0 Å². The second-order valence-electron chi connectivity index (χ2n) is 1.87. The molecular formula is C9H9NOS. The van der Waals surface area contributed by atoms with Gasteiger partial charge in [0.05, 0.1) is 5.16 Å². The molecule has 0 aliphatic heterocycles. The number of amides is 1. The topological polar surface area (TPSA) is 29.4 Å². The van der Waals surface area contributed by atoms with Crippen molar-refractivity contribution in [2.75, 3.05) is 0 Å². The van der Waals surface area contributed by atoms with E-state index in [9.17, 15) is 4.79 Å². The molecule has 0 saturated heterocycles. The van der Waals surface area contributed by atoms with E-state index in [4.69, 9.17) is 0 Å². The smallest absolute Gasteiger partial charge is 0.266 e. The maximum atomic E-state index is 11.1. The molecule has 0 atom stereocenters. The molecule has 0 aromatic carbocycles. The third kappa shape index (κ3) is 3.76. The van der Waals surface area contributed by atoms with Crippen molar-refractivity contribution in [2.24, 2.45) is 4.99 Å². The number of thiocarbonyl (C=S) groups is 1. The third-order valence-electron chi connectivity index (χ3n) is 1.04. The molecule has 0 unspecified atom stereocenters. The maximum Gasteiger partial charge on any atom is 0.285 e.